The van der Waals surface area contributed by atoms with Crippen LogP contribution in [0.2, 0.25) is 0 Å². The molecule has 198 valence electrons. The molecular formula is C27H36N6O4. The minimum atomic E-state index is -0.266. The van der Waals surface area contributed by atoms with Crippen molar-refractivity contribution >= 4 is 22.6 Å². The Morgan fingerprint density at radius 2 is 2.14 bits per heavy atom. The molecule has 1 aromatic carbocycles. The van der Waals surface area contributed by atoms with Crippen LogP contribution in [0.4, 0.5) is 5.69 Å². The summed E-state index contributed by atoms with van der Waals surface area (Å²) in [6.07, 6.45) is 3.38. The molecule has 2 aliphatic carbocycles. The summed E-state index contributed by atoms with van der Waals surface area (Å²) in [7, 11) is 3.44. The molecule has 2 fully saturated rings. The molecule has 10 nitrogen and oxygen atoms in total. The number of aromatic nitrogens is 4. The molecule has 0 spiro atoms. The molecule has 1 saturated carbocycles. The Morgan fingerprint density at radius 1 is 1.32 bits per heavy atom. The fourth-order valence-corrected chi connectivity index (χ4v) is 5.92. The number of amides is 1. The van der Waals surface area contributed by atoms with Crippen molar-refractivity contribution in [2.45, 2.75) is 39.2 Å². The number of fused-ring (bicyclic) bond motifs is 3. The molecule has 2 N–H and O–H groups in total. The summed E-state index contributed by atoms with van der Waals surface area (Å²) in [5.41, 5.74) is 6.16. The van der Waals surface area contributed by atoms with Crippen LogP contribution in [-0.4, -0.2) is 90.7 Å². The molecule has 6 rings (SSSR count). The van der Waals surface area contributed by atoms with E-state index in [0.29, 0.717) is 43.3 Å². The van der Waals surface area contributed by atoms with Crippen molar-refractivity contribution in [3.63, 3.8) is 0 Å². The van der Waals surface area contributed by atoms with Crippen LogP contribution >= 0.6 is 0 Å². The molecule has 3 atom stereocenters. The number of nitrogens with zero attached hydrogens (tertiary/aromatic N) is 4. The number of methoxy groups -OCH3 is 1. The van der Waals surface area contributed by atoms with Crippen molar-refractivity contribution < 1.29 is 19.0 Å². The Hall–Kier alpha value is -2.95. The van der Waals surface area contributed by atoms with Crippen LogP contribution in [0.3, 0.4) is 0 Å². The van der Waals surface area contributed by atoms with Gasteiger partial charge in [-0.05, 0) is 43.6 Å². The third-order valence-corrected chi connectivity index (χ3v) is 8.50. The lowest BCUT2D eigenvalue weighted by Crippen LogP contribution is -2.50. The van der Waals surface area contributed by atoms with Gasteiger partial charge in [-0.1, -0.05) is 6.92 Å². The summed E-state index contributed by atoms with van der Waals surface area (Å²) in [6.45, 7) is 7.92. The fourth-order valence-electron chi connectivity index (χ4n) is 5.92. The minimum Gasteiger partial charge on any atom is -0.489 e. The molecule has 0 unspecified atom stereocenters. The van der Waals surface area contributed by atoms with Gasteiger partial charge in [-0.3, -0.25) is 14.8 Å². The van der Waals surface area contributed by atoms with Crippen molar-refractivity contribution in [2.75, 3.05) is 58.6 Å². The second-order valence-electron chi connectivity index (χ2n) is 11.0. The number of carbonyl (C=O) groups excluding carboxylic acids is 1. The van der Waals surface area contributed by atoms with E-state index >= 15 is 0 Å². The quantitative estimate of drug-likeness (QED) is 0.451. The van der Waals surface area contributed by atoms with E-state index in [0.717, 1.165) is 54.4 Å². The highest BCUT2D eigenvalue weighted by Gasteiger charge is 2.53. The molecule has 3 heterocycles. The van der Waals surface area contributed by atoms with E-state index in [1.807, 2.05) is 19.1 Å². The predicted octanol–water partition coefficient (Wildman–Crippen LogP) is 2.79. The highest BCUT2D eigenvalue weighted by atomic mass is 16.5. The van der Waals surface area contributed by atoms with Gasteiger partial charge in [-0.25, -0.2) is 4.98 Å². The van der Waals surface area contributed by atoms with Crippen LogP contribution in [0, 0.1) is 11.3 Å². The summed E-state index contributed by atoms with van der Waals surface area (Å²) in [5.74, 6) is 2.09. The third kappa shape index (κ3) is 4.41. The number of imidazole rings is 1. The van der Waals surface area contributed by atoms with Gasteiger partial charge in [0.2, 0.25) is 5.91 Å². The summed E-state index contributed by atoms with van der Waals surface area (Å²) in [4.78, 5) is 25.7. The summed E-state index contributed by atoms with van der Waals surface area (Å²) in [5, 5.41) is 7.92. The van der Waals surface area contributed by atoms with Gasteiger partial charge >= 0.3 is 0 Å². The molecule has 10 heteroatoms. The molecule has 0 bridgehead atoms. The number of benzene rings is 1. The number of hydrogen-bond acceptors (Lipinski definition) is 7. The van der Waals surface area contributed by atoms with Crippen molar-refractivity contribution in [2.24, 2.45) is 11.3 Å². The number of nitrogens with one attached hydrogen (secondary N) is 2. The zero-order chi connectivity index (χ0) is 25.7. The number of ether oxygens (including phenoxy) is 3. The lowest BCUT2D eigenvalue weighted by molar-refractivity contribution is -0.124. The van der Waals surface area contributed by atoms with Gasteiger partial charge < -0.3 is 24.1 Å². The smallest absolute Gasteiger partial charge is 0.243 e. The van der Waals surface area contributed by atoms with Crippen LogP contribution in [0.5, 0.6) is 5.75 Å². The first-order chi connectivity index (χ1) is 17.9. The molecule has 3 aliphatic rings. The topological polar surface area (TPSA) is 109 Å². The summed E-state index contributed by atoms with van der Waals surface area (Å²) < 4.78 is 16.7. The van der Waals surface area contributed by atoms with Crippen molar-refractivity contribution in [3.05, 3.63) is 23.4 Å². The zero-order valence-corrected chi connectivity index (χ0v) is 22.1. The number of hydrogen-bond donors (Lipinski definition) is 2. The van der Waals surface area contributed by atoms with E-state index in [9.17, 15) is 4.79 Å². The average Bonchev–Trinajstić information content (AvgIpc) is 3.20. The fraction of sp³-hybridized carbons (Fsp3) is 0.593. The Kier molecular flexibility index (Phi) is 6.21. The van der Waals surface area contributed by atoms with E-state index in [1.54, 1.807) is 19.1 Å². The van der Waals surface area contributed by atoms with Crippen LogP contribution in [0.1, 0.15) is 31.5 Å². The van der Waals surface area contributed by atoms with Crippen molar-refractivity contribution in [3.8, 4) is 17.3 Å². The number of anilines is 1. The lowest BCUT2D eigenvalue weighted by Gasteiger charge is -2.33. The molecule has 1 amide bonds. The largest absolute Gasteiger partial charge is 0.489 e. The predicted molar refractivity (Wildman–Crippen MR) is 140 cm³/mol. The Morgan fingerprint density at radius 3 is 2.92 bits per heavy atom. The maximum Gasteiger partial charge on any atom is 0.243 e. The van der Waals surface area contributed by atoms with E-state index in [1.165, 1.54) is 17.7 Å². The summed E-state index contributed by atoms with van der Waals surface area (Å²) in [6, 6.07) is 3.59. The highest BCUT2D eigenvalue weighted by Crippen LogP contribution is 2.59. The average molecular weight is 509 g/mol. The third-order valence-electron chi connectivity index (χ3n) is 8.50. The van der Waals surface area contributed by atoms with Gasteiger partial charge in [0.25, 0.3) is 0 Å². The summed E-state index contributed by atoms with van der Waals surface area (Å²) >= 11 is 0. The van der Waals surface area contributed by atoms with Crippen LogP contribution in [0.15, 0.2) is 12.1 Å². The van der Waals surface area contributed by atoms with Gasteiger partial charge in [0, 0.05) is 44.6 Å². The number of carbonyl (C=O) groups is 1. The molecule has 37 heavy (non-hydrogen) atoms. The van der Waals surface area contributed by atoms with Gasteiger partial charge in [0.1, 0.15) is 18.1 Å². The second-order valence-corrected chi connectivity index (χ2v) is 11.0. The Bertz CT molecular complexity index is 1310. The minimum absolute atomic E-state index is 0.00596. The van der Waals surface area contributed by atoms with E-state index < -0.39 is 0 Å². The van der Waals surface area contributed by atoms with Gasteiger partial charge in [0.15, 0.2) is 5.82 Å². The molecule has 0 radical (unpaired) electrons. The Balaban J connectivity index is 1.32. The standard InChI is InChI=1S/C27H36N6O4/c1-16(33-5-7-36-8-6-33)26(34)32(3)22-12-19-20(13-23(22)37-10-9-35-4)29-25(28-19)24-18-11-17-14-27(17,2)15-21(18)30-31-24/h12-13,16-17H,5-11,14-15H2,1-4H3,(H,28,29)(H,30,31)/t16-,17+,27+/m0/s1. The van der Waals surface area contributed by atoms with Crippen LogP contribution < -0.4 is 9.64 Å². The molecule has 3 aromatic rings. The number of H-pyrrole nitrogens is 2. The SMILES string of the molecule is COCCOc1cc2nc(-c3n[nH]c4c3C[C@@H]3C[C@]3(C)C4)[nH]c2cc1N(C)C(=O)[C@H](C)N1CCOCC1. The van der Waals surface area contributed by atoms with Gasteiger partial charge in [0.05, 0.1) is 42.6 Å². The van der Waals surface area contributed by atoms with E-state index in [2.05, 4.69) is 27.0 Å². The first-order valence-electron chi connectivity index (χ1n) is 13.2. The van der Waals surface area contributed by atoms with Crippen LogP contribution in [-0.2, 0) is 27.1 Å². The van der Waals surface area contributed by atoms with Gasteiger partial charge in [-0.15, -0.1) is 0 Å². The molecule has 2 aromatic heterocycles. The monoisotopic (exact) mass is 508 g/mol. The maximum absolute atomic E-state index is 13.5. The molecule has 1 aliphatic heterocycles. The number of aromatic amines is 2. The first kappa shape index (κ1) is 24.4. The number of morpholine rings is 1. The van der Waals surface area contributed by atoms with E-state index in [4.69, 9.17) is 19.2 Å². The normalized spacial score (nSPS) is 23.9. The van der Waals surface area contributed by atoms with Crippen LogP contribution in [0.25, 0.3) is 22.6 Å². The number of rotatable bonds is 8. The zero-order valence-electron chi connectivity index (χ0n) is 22.1. The lowest BCUT2D eigenvalue weighted by atomic mass is 9.88. The van der Waals surface area contributed by atoms with E-state index in [-0.39, 0.29) is 11.9 Å². The van der Waals surface area contributed by atoms with Crippen molar-refractivity contribution in [1.29, 1.82) is 0 Å². The Labute approximate surface area is 216 Å². The first-order valence-corrected chi connectivity index (χ1v) is 13.2. The highest BCUT2D eigenvalue weighted by molar-refractivity contribution is 6.00. The van der Waals surface area contributed by atoms with Gasteiger partial charge in [-0.2, -0.15) is 5.10 Å². The maximum atomic E-state index is 13.5. The number of likely N-dealkylation sites (N-methyl/N-ethyl adjacent to an activating group) is 1. The molecular weight excluding hydrogens is 472 g/mol. The van der Waals surface area contributed by atoms with Crippen molar-refractivity contribution in [1.82, 2.24) is 25.1 Å². The molecule has 1 saturated heterocycles. The second kappa shape index (κ2) is 9.41.